The topological polar surface area (TPSA) is 89.6 Å². The van der Waals surface area contributed by atoms with E-state index in [1.54, 1.807) is 0 Å². The number of nitriles is 1. The van der Waals surface area contributed by atoms with Crippen LogP contribution in [0.15, 0.2) is 28.9 Å². The van der Waals surface area contributed by atoms with Crippen LogP contribution in [0.2, 0.25) is 0 Å². The second kappa shape index (κ2) is 7.79. The molecule has 1 unspecified atom stereocenters. The Balaban J connectivity index is 1.33. The van der Waals surface area contributed by atoms with Crippen molar-refractivity contribution in [2.45, 2.75) is 31.1 Å². The number of nitrogens with one attached hydrogen (secondary N) is 1. The maximum Gasteiger partial charge on any atom is 0.255 e. The highest BCUT2D eigenvalue weighted by Gasteiger charge is 2.36. The van der Waals surface area contributed by atoms with Crippen LogP contribution in [0.4, 0.5) is 8.78 Å². The molecule has 4 rings (SSSR count). The van der Waals surface area contributed by atoms with Crippen molar-refractivity contribution in [2.75, 3.05) is 26.2 Å². The largest absolute Gasteiger partial charge is 0.463 e. The molecule has 2 aliphatic rings. The van der Waals surface area contributed by atoms with Crippen LogP contribution >= 0.6 is 0 Å². The molecule has 3 atom stereocenters. The zero-order valence-corrected chi connectivity index (χ0v) is 15.6. The van der Waals surface area contributed by atoms with Gasteiger partial charge in [-0.25, -0.2) is 8.78 Å². The Kier molecular flexibility index (Phi) is 5.20. The summed E-state index contributed by atoms with van der Waals surface area (Å²) in [5.74, 6) is -1.03. The molecular formula is C20H20F2N4O3. The number of halogens is 2. The standard InChI is InChI=1S/C20H20F2N4O3/c21-12-1-2-16-17(11-29-18(16)6-12)20(28)24-14-3-4-25(9-14)10-19(27)26-8-13(22)5-15(26)7-23/h1-2,6,11,13-15H,3-5,8-10H2,(H,24,28)/t13-,14-,15?/m0/s1. The molecule has 2 fully saturated rings. The fraction of sp³-hybridized carbons (Fsp3) is 0.450. The van der Waals surface area contributed by atoms with Crippen LogP contribution in [0.25, 0.3) is 11.0 Å². The summed E-state index contributed by atoms with van der Waals surface area (Å²) in [4.78, 5) is 28.2. The van der Waals surface area contributed by atoms with Gasteiger partial charge in [0.15, 0.2) is 0 Å². The number of carbonyl (C=O) groups is 2. The highest BCUT2D eigenvalue weighted by atomic mass is 19.1. The van der Waals surface area contributed by atoms with Gasteiger partial charge in [0.05, 0.1) is 24.7 Å². The van der Waals surface area contributed by atoms with E-state index in [-0.39, 0.29) is 37.4 Å². The van der Waals surface area contributed by atoms with E-state index < -0.39 is 18.0 Å². The molecule has 0 radical (unpaired) electrons. The first-order valence-electron chi connectivity index (χ1n) is 9.47. The summed E-state index contributed by atoms with van der Waals surface area (Å²) in [5.41, 5.74) is 0.634. The summed E-state index contributed by atoms with van der Waals surface area (Å²) in [6.07, 6.45) is 0.867. The Morgan fingerprint density at radius 3 is 2.97 bits per heavy atom. The number of likely N-dealkylation sites (tertiary alicyclic amines) is 2. The van der Waals surface area contributed by atoms with Gasteiger partial charge >= 0.3 is 0 Å². The lowest BCUT2D eigenvalue weighted by molar-refractivity contribution is -0.132. The second-order valence-electron chi connectivity index (χ2n) is 7.51. The predicted octanol–water partition coefficient (Wildman–Crippen LogP) is 1.84. The Morgan fingerprint density at radius 2 is 2.17 bits per heavy atom. The highest BCUT2D eigenvalue weighted by Crippen LogP contribution is 2.23. The number of carbonyl (C=O) groups excluding carboxylic acids is 2. The summed E-state index contributed by atoms with van der Waals surface area (Å²) < 4.78 is 32.0. The van der Waals surface area contributed by atoms with Crippen LogP contribution in [-0.2, 0) is 4.79 Å². The van der Waals surface area contributed by atoms with Gasteiger partial charge < -0.3 is 14.6 Å². The summed E-state index contributed by atoms with van der Waals surface area (Å²) in [7, 11) is 0. The van der Waals surface area contributed by atoms with Crippen molar-refractivity contribution < 1.29 is 22.8 Å². The lowest BCUT2D eigenvalue weighted by Gasteiger charge is -2.23. The smallest absolute Gasteiger partial charge is 0.255 e. The van der Waals surface area contributed by atoms with Gasteiger partial charge in [0, 0.05) is 37.0 Å². The Bertz CT molecular complexity index is 986. The van der Waals surface area contributed by atoms with E-state index in [1.165, 1.54) is 29.4 Å². The fourth-order valence-corrected chi connectivity index (χ4v) is 4.00. The van der Waals surface area contributed by atoms with Gasteiger partial charge in [-0.1, -0.05) is 0 Å². The van der Waals surface area contributed by atoms with E-state index in [1.807, 2.05) is 11.0 Å². The van der Waals surface area contributed by atoms with E-state index >= 15 is 0 Å². The Morgan fingerprint density at radius 1 is 1.34 bits per heavy atom. The molecular weight excluding hydrogens is 382 g/mol. The van der Waals surface area contributed by atoms with Crippen molar-refractivity contribution in [2.24, 2.45) is 0 Å². The molecule has 2 amide bonds. The van der Waals surface area contributed by atoms with Crippen molar-refractivity contribution in [3.8, 4) is 6.07 Å². The average molecular weight is 402 g/mol. The number of furan rings is 1. The average Bonchev–Trinajstić information content (AvgIpc) is 3.39. The van der Waals surface area contributed by atoms with Crippen LogP contribution in [0.3, 0.4) is 0 Å². The normalized spacial score (nSPS) is 24.7. The molecule has 0 bridgehead atoms. The van der Waals surface area contributed by atoms with Gasteiger partial charge in [0.25, 0.3) is 5.91 Å². The van der Waals surface area contributed by atoms with Gasteiger partial charge in [-0.15, -0.1) is 0 Å². The molecule has 3 heterocycles. The van der Waals surface area contributed by atoms with Crippen molar-refractivity contribution in [3.63, 3.8) is 0 Å². The monoisotopic (exact) mass is 402 g/mol. The minimum absolute atomic E-state index is 0.0424. The molecule has 7 nitrogen and oxygen atoms in total. The number of hydrogen-bond donors (Lipinski definition) is 1. The fourth-order valence-electron chi connectivity index (χ4n) is 4.00. The highest BCUT2D eigenvalue weighted by molar-refractivity contribution is 6.06. The minimum atomic E-state index is -1.16. The minimum Gasteiger partial charge on any atom is -0.463 e. The summed E-state index contributed by atoms with van der Waals surface area (Å²) in [6.45, 7) is 1.13. The molecule has 0 spiro atoms. The molecule has 9 heteroatoms. The molecule has 1 aromatic heterocycles. The quantitative estimate of drug-likeness (QED) is 0.843. The number of nitrogens with zero attached hydrogens (tertiary/aromatic N) is 3. The zero-order chi connectivity index (χ0) is 20.5. The summed E-state index contributed by atoms with van der Waals surface area (Å²) in [6, 6.07) is 5.11. The first-order valence-corrected chi connectivity index (χ1v) is 9.47. The van der Waals surface area contributed by atoms with Gasteiger partial charge in [-0.05, 0) is 18.6 Å². The third-order valence-corrected chi connectivity index (χ3v) is 5.47. The number of alkyl halides is 1. The molecule has 29 heavy (non-hydrogen) atoms. The number of fused-ring (bicyclic) bond motifs is 1. The van der Waals surface area contributed by atoms with E-state index in [0.29, 0.717) is 36.0 Å². The second-order valence-corrected chi connectivity index (χ2v) is 7.51. The molecule has 2 aromatic rings. The third-order valence-electron chi connectivity index (χ3n) is 5.47. The number of amides is 2. The first-order chi connectivity index (χ1) is 13.9. The predicted molar refractivity (Wildman–Crippen MR) is 99.1 cm³/mol. The lowest BCUT2D eigenvalue weighted by Crippen LogP contribution is -2.43. The van der Waals surface area contributed by atoms with Gasteiger partial charge in [-0.2, -0.15) is 5.26 Å². The first kappa shape index (κ1) is 19.3. The summed E-state index contributed by atoms with van der Waals surface area (Å²) in [5, 5.41) is 12.5. The van der Waals surface area contributed by atoms with E-state index in [0.717, 1.165) is 0 Å². The number of hydrogen-bond acceptors (Lipinski definition) is 5. The van der Waals surface area contributed by atoms with Crippen molar-refractivity contribution >= 4 is 22.8 Å². The van der Waals surface area contributed by atoms with Crippen LogP contribution in [-0.4, -0.2) is 66.0 Å². The van der Waals surface area contributed by atoms with E-state index in [9.17, 15) is 18.4 Å². The van der Waals surface area contributed by atoms with Crippen molar-refractivity contribution in [3.05, 3.63) is 35.8 Å². The molecule has 0 saturated carbocycles. The van der Waals surface area contributed by atoms with Gasteiger partial charge in [0.1, 0.15) is 29.9 Å². The summed E-state index contributed by atoms with van der Waals surface area (Å²) >= 11 is 0. The Hall–Kier alpha value is -2.99. The maximum absolute atomic E-state index is 13.5. The van der Waals surface area contributed by atoms with E-state index in [2.05, 4.69) is 5.32 Å². The van der Waals surface area contributed by atoms with Gasteiger partial charge in [-0.3, -0.25) is 14.5 Å². The molecule has 1 aromatic carbocycles. The molecule has 152 valence electrons. The zero-order valence-electron chi connectivity index (χ0n) is 15.6. The Labute approximate surface area is 165 Å². The molecule has 2 saturated heterocycles. The van der Waals surface area contributed by atoms with Crippen LogP contribution in [0.1, 0.15) is 23.2 Å². The van der Waals surface area contributed by atoms with Crippen LogP contribution in [0.5, 0.6) is 0 Å². The van der Waals surface area contributed by atoms with Gasteiger partial charge in [0.2, 0.25) is 5.91 Å². The van der Waals surface area contributed by atoms with Crippen LogP contribution < -0.4 is 5.32 Å². The molecule has 2 aliphatic heterocycles. The SMILES string of the molecule is N#CC1C[C@H](F)CN1C(=O)CN1CC[C@H](NC(=O)c2coc3cc(F)ccc23)C1. The number of rotatable bonds is 4. The van der Waals surface area contributed by atoms with Crippen molar-refractivity contribution in [1.29, 1.82) is 5.26 Å². The number of benzene rings is 1. The van der Waals surface area contributed by atoms with E-state index in [4.69, 9.17) is 9.68 Å². The van der Waals surface area contributed by atoms with Crippen molar-refractivity contribution in [1.82, 2.24) is 15.1 Å². The molecule has 1 N–H and O–H groups in total. The molecule has 0 aliphatic carbocycles. The maximum atomic E-state index is 13.5. The third kappa shape index (κ3) is 3.93. The lowest BCUT2D eigenvalue weighted by atomic mass is 10.1. The van der Waals surface area contributed by atoms with Crippen LogP contribution in [0, 0.1) is 17.1 Å².